The van der Waals surface area contributed by atoms with Gasteiger partial charge in [-0.3, -0.25) is 4.79 Å². The molecule has 18 heavy (non-hydrogen) atoms. The molecule has 0 radical (unpaired) electrons. The van der Waals surface area contributed by atoms with Gasteiger partial charge in [0.2, 0.25) is 5.91 Å². The van der Waals surface area contributed by atoms with E-state index < -0.39 is 0 Å². The Bertz CT molecular complexity index is 436. The maximum Gasteiger partial charge on any atom is 0.225 e. The summed E-state index contributed by atoms with van der Waals surface area (Å²) in [6, 6.07) is 8.21. The Balaban J connectivity index is 1.98. The zero-order chi connectivity index (χ0) is 13.1. The normalized spacial score (nSPS) is 23.1. The fourth-order valence-electron chi connectivity index (χ4n) is 2.51. The number of nitrogens with two attached hydrogens (primary N) is 1. The van der Waals surface area contributed by atoms with Crippen LogP contribution in [-0.2, 0) is 11.3 Å². The molecule has 1 amide bonds. The van der Waals surface area contributed by atoms with Crippen LogP contribution in [0.25, 0.3) is 0 Å². The van der Waals surface area contributed by atoms with Gasteiger partial charge in [0.05, 0.1) is 0 Å². The molecule has 2 rings (SSSR count). The Hall–Kier alpha value is -0.870. The Morgan fingerprint density at radius 3 is 2.78 bits per heavy atom. The lowest BCUT2D eigenvalue weighted by Gasteiger charge is -2.21. The van der Waals surface area contributed by atoms with Crippen molar-refractivity contribution in [2.75, 3.05) is 7.05 Å². The van der Waals surface area contributed by atoms with Crippen molar-refractivity contribution in [1.82, 2.24) is 4.90 Å². The van der Waals surface area contributed by atoms with E-state index >= 15 is 0 Å². The van der Waals surface area contributed by atoms with E-state index in [2.05, 4.69) is 15.9 Å². The average molecular weight is 311 g/mol. The maximum atomic E-state index is 12.3. The summed E-state index contributed by atoms with van der Waals surface area (Å²) in [4.78, 5) is 14.1. The molecule has 0 aliphatic heterocycles. The number of amides is 1. The number of benzene rings is 1. The average Bonchev–Trinajstić information content (AvgIpc) is 2.78. The standard InChI is InChI=1S/C14H19BrN2O/c1-17(9-11-4-2-3-5-13(11)15)14(18)10-6-7-12(16)8-10/h2-5,10,12H,6-9,16H2,1H3/t10-,12-/m0/s1. The molecule has 1 saturated carbocycles. The van der Waals surface area contributed by atoms with Crippen molar-refractivity contribution < 1.29 is 4.79 Å². The van der Waals surface area contributed by atoms with Crippen LogP contribution in [0.5, 0.6) is 0 Å². The van der Waals surface area contributed by atoms with Gasteiger partial charge in [-0.25, -0.2) is 0 Å². The third-order valence-electron chi connectivity index (χ3n) is 3.56. The summed E-state index contributed by atoms with van der Waals surface area (Å²) in [7, 11) is 1.87. The van der Waals surface area contributed by atoms with Crippen LogP contribution in [0.15, 0.2) is 28.7 Å². The molecule has 2 N–H and O–H groups in total. The second-order valence-electron chi connectivity index (χ2n) is 5.06. The first kappa shape index (κ1) is 13.6. The Labute approximate surface area is 116 Å². The molecule has 0 saturated heterocycles. The zero-order valence-electron chi connectivity index (χ0n) is 10.6. The predicted octanol–water partition coefficient (Wildman–Crippen LogP) is 2.53. The lowest BCUT2D eigenvalue weighted by atomic mass is 10.1. The van der Waals surface area contributed by atoms with Crippen LogP contribution in [0, 0.1) is 5.92 Å². The third-order valence-corrected chi connectivity index (χ3v) is 4.34. The summed E-state index contributed by atoms with van der Waals surface area (Å²) in [5.41, 5.74) is 7.00. The van der Waals surface area contributed by atoms with Gasteiger partial charge in [0.15, 0.2) is 0 Å². The van der Waals surface area contributed by atoms with Gasteiger partial charge in [-0.2, -0.15) is 0 Å². The number of rotatable bonds is 3. The molecule has 1 aromatic carbocycles. The fourth-order valence-corrected chi connectivity index (χ4v) is 2.92. The lowest BCUT2D eigenvalue weighted by Crippen LogP contribution is -2.32. The van der Waals surface area contributed by atoms with Gasteiger partial charge >= 0.3 is 0 Å². The van der Waals surface area contributed by atoms with E-state index in [-0.39, 0.29) is 17.9 Å². The summed E-state index contributed by atoms with van der Waals surface area (Å²) in [6.45, 7) is 0.645. The van der Waals surface area contributed by atoms with Crippen LogP contribution in [-0.4, -0.2) is 23.9 Å². The molecule has 1 aromatic rings. The van der Waals surface area contributed by atoms with Gasteiger partial charge in [0, 0.05) is 30.0 Å². The Kier molecular flexibility index (Phi) is 4.40. The van der Waals surface area contributed by atoms with E-state index in [0.29, 0.717) is 6.54 Å². The first-order chi connectivity index (χ1) is 8.58. The van der Waals surface area contributed by atoms with Gasteiger partial charge in [0.1, 0.15) is 0 Å². The molecule has 1 aliphatic carbocycles. The van der Waals surface area contributed by atoms with Gasteiger partial charge < -0.3 is 10.6 Å². The molecule has 2 atom stereocenters. The third kappa shape index (κ3) is 3.12. The molecule has 0 heterocycles. The highest BCUT2D eigenvalue weighted by Crippen LogP contribution is 2.26. The van der Waals surface area contributed by atoms with Crippen molar-refractivity contribution >= 4 is 21.8 Å². The minimum atomic E-state index is 0.118. The highest BCUT2D eigenvalue weighted by atomic mass is 79.9. The van der Waals surface area contributed by atoms with E-state index in [4.69, 9.17) is 5.73 Å². The van der Waals surface area contributed by atoms with Gasteiger partial charge in [-0.1, -0.05) is 34.1 Å². The molecule has 0 unspecified atom stereocenters. The number of hydrogen-bond acceptors (Lipinski definition) is 2. The molecule has 0 bridgehead atoms. The molecule has 0 spiro atoms. The van der Waals surface area contributed by atoms with Crippen LogP contribution in [0.4, 0.5) is 0 Å². The molecule has 3 nitrogen and oxygen atoms in total. The second kappa shape index (κ2) is 5.85. The van der Waals surface area contributed by atoms with E-state index in [1.54, 1.807) is 0 Å². The quantitative estimate of drug-likeness (QED) is 0.932. The van der Waals surface area contributed by atoms with Gasteiger partial charge in [0.25, 0.3) is 0 Å². The van der Waals surface area contributed by atoms with E-state index in [0.717, 1.165) is 29.3 Å². The number of nitrogens with zero attached hydrogens (tertiary/aromatic N) is 1. The van der Waals surface area contributed by atoms with E-state index in [9.17, 15) is 4.79 Å². The van der Waals surface area contributed by atoms with E-state index in [1.165, 1.54) is 0 Å². The van der Waals surface area contributed by atoms with Crippen molar-refractivity contribution in [2.45, 2.75) is 31.8 Å². The largest absolute Gasteiger partial charge is 0.341 e. The zero-order valence-corrected chi connectivity index (χ0v) is 12.2. The Morgan fingerprint density at radius 1 is 1.44 bits per heavy atom. The molecule has 1 aliphatic rings. The van der Waals surface area contributed by atoms with Crippen LogP contribution in [0.2, 0.25) is 0 Å². The summed E-state index contributed by atoms with van der Waals surface area (Å²) >= 11 is 3.51. The molecular formula is C14H19BrN2O. The van der Waals surface area contributed by atoms with Crippen molar-refractivity contribution in [2.24, 2.45) is 11.7 Å². The number of carbonyl (C=O) groups is 1. The van der Waals surface area contributed by atoms with Crippen molar-refractivity contribution in [3.63, 3.8) is 0 Å². The monoisotopic (exact) mass is 310 g/mol. The molecule has 0 aromatic heterocycles. The maximum absolute atomic E-state index is 12.3. The lowest BCUT2D eigenvalue weighted by molar-refractivity contribution is -0.134. The fraction of sp³-hybridized carbons (Fsp3) is 0.500. The van der Waals surface area contributed by atoms with Crippen LogP contribution < -0.4 is 5.73 Å². The number of carbonyl (C=O) groups excluding carboxylic acids is 1. The SMILES string of the molecule is CN(Cc1ccccc1Br)C(=O)[C@H]1CC[C@H](N)C1. The van der Waals surface area contributed by atoms with E-state index in [1.807, 2.05) is 36.2 Å². The summed E-state index contributed by atoms with van der Waals surface area (Å²) in [5.74, 6) is 0.339. The van der Waals surface area contributed by atoms with Gasteiger partial charge in [-0.15, -0.1) is 0 Å². The number of halogens is 1. The summed E-state index contributed by atoms with van der Waals surface area (Å²) in [5, 5.41) is 0. The smallest absolute Gasteiger partial charge is 0.225 e. The topological polar surface area (TPSA) is 46.3 Å². The minimum absolute atomic E-state index is 0.118. The minimum Gasteiger partial charge on any atom is -0.341 e. The van der Waals surface area contributed by atoms with Crippen molar-refractivity contribution in [3.05, 3.63) is 34.3 Å². The Morgan fingerprint density at radius 2 is 2.17 bits per heavy atom. The summed E-state index contributed by atoms with van der Waals surface area (Å²) in [6.07, 6.45) is 2.73. The van der Waals surface area contributed by atoms with Crippen molar-refractivity contribution in [1.29, 1.82) is 0 Å². The molecule has 4 heteroatoms. The molecule has 98 valence electrons. The van der Waals surface area contributed by atoms with Crippen LogP contribution >= 0.6 is 15.9 Å². The molecule has 1 fully saturated rings. The highest BCUT2D eigenvalue weighted by molar-refractivity contribution is 9.10. The van der Waals surface area contributed by atoms with Gasteiger partial charge in [-0.05, 0) is 30.9 Å². The summed E-state index contributed by atoms with van der Waals surface area (Å²) < 4.78 is 1.05. The molecular weight excluding hydrogens is 292 g/mol. The number of hydrogen-bond donors (Lipinski definition) is 1. The second-order valence-corrected chi connectivity index (χ2v) is 5.91. The first-order valence-corrected chi connectivity index (χ1v) is 7.11. The van der Waals surface area contributed by atoms with Crippen LogP contribution in [0.3, 0.4) is 0 Å². The highest BCUT2D eigenvalue weighted by Gasteiger charge is 2.29. The predicted molar refractivity (Wildman–Crippen MR) is 75.9 cm³/mol. The van der Waals surface area contributed by atoms with Crippen LogP contribution in [0.1, 0.15) is 24.8 Å². The first-order valence-electron chi connectivity index (χ1n) is 6.32. The van der Waals surface area contributed by atoms with Crippen molar-refractivity contribution in [3.8, 4) is 0 Å².